The van der Waals surface area contributed by atoms with Crippen LogP contribution in [0.1, 0.15) is 19.8 Å². The summed E-state index contributed by atoms with van der Waals surface area (Å²) in [6, 6.07) is 7.88. The minimum atomic E-state index is -0.977. The Morgan fingerprint density at radius 1 is 1.65 bits per heavy atom. The summed E-state index contributed by atoms with van der Waals surface area (Å²) in [7, 11) is 0. The number of benzene rings is 1. The third-order valence-corrected chi connectivity index (χ3v) is 3.62. The summed E-state index contributed by atoms with van der Waals surface area (Å²) < 4.78 is 13.2. The topological polar surface area (TPSA) is 76.4 Å². The molecule has 2 N–H and O–H groups in total. The molecule has 0 saturated carbocycles. The van der Waals surface area contributed by atoms with E-state index in [1.807, 2.05) is 0 Å². The maximum Gasteiger partial charge on any atom is 0.407 e. The van der Waals surface area contributed by atoms with Gasteiger partial charge < -0.3 is 15.3 Å². The molecule has 0 spiro atoms. The second kappa shape index (κ2) is 5.37. The van der Waals surface area contributed by atoms with Crippen molar-refractivity contribution in [2.24, 2.45) is 0 Å². The van der Waals surface area contributed by atoms with Crippen LogP contribution in [0.5, 0.6) is 0 Å². The van der Waals surface area contributed by atoms with Crippen LogP contribution in [0.15, 0.2) is 24.3 Å². The monoisotopic (exact) mass is 277 g/mol. The van der Waals surface area contributed by atoms with Crippen molar-refractivity contribution in [2.45, 2.75) is 31.3 Å². The SMILES string of the molecule is C[C@@H]1C[C@](C#N)(Nc2cccc(F)c2)CCN1C(=O)O. The fourth-order valence-electron chi connectivity index (χ4n) is 2.62. The summed E-state index contributed by atoms with van der Waals surface area (Å²) in [6.07, 6.45) is -0.238. The lowest BCUT2D eigenvalue weighted by atomic mass is 9.84. The normalized spacial score (nSPS) is 25.9. The lowest BCUT2D eigenvalue weighted by molar-refractivity contribution is 0.101. The number of carboxylic acid groups (broad SMARTS) is 1. The van der Waals surface area contributed by atoms with Gasteiger partial charge in [-0.1, -0.05) is 6.07 Å². The molecule has 0 radical (unpaired) electrons. The van der Waals surface area contributed by atoms with Gasteiger partial charge in [-0.3, -0.25) is 0 Å². The zero-order valence-corrected chi connectivity index (χ0v) is 11.1. The van der Waals surface area contributed by atoms with Crippen LogP contribution in [0.25, 0.3) is 0 Å². The molecule has 1 aromatic carbocycles. The Kier molecular flexibility index (Phi) is 3.79. The standard InChI is InChI=1S/C14H16FN3O2/c1-10-8-14(9-16,5-6-18(10)13(19)20)17-12-4-2-3-11(15)7-12/h2-4,7,10,17H,5-6,8H2,1H3,(H,19,20)/t10-,14-/m1/s1. The number of nitriles is 1. The number of nitrogens with one attached hydrogen (secondary N) is 1. The number of carbonyl (C=O) groups is 1. The van der Waals surface area contributed by atoms with Gasteiger partial charge in [-0.05, 0) is 25.1 Å². The van der Waals surface area contributed by atoms with Gasteiger partial charge >= 0.3 is 6.09 Å². The molecule has 2 atom stereocenters. The van der Waals surface area contributed by atoms with Gasteiger partial charge in [0.05, 0.1) is 6.07 Å². The van der Waals surface area contributed by atoms with E-state index in [0.29, 0.717) is 18.5 Å². The fourth-order valence-corrected chi connectivity index (χ4v) is 2.62. The largest absolute Gasteiger partial charge is 0.465 e. The molecule has 20 heavy (non-hydrogen) atoms. The van der Waals surface area contributed by atoms with Crippen molar-refractivity contribution >= 4 is 11.8 Å². The zero-order chi connectivity index (χ0) is 14.8. The van der Waals surface area contributed by atoms with E-state index >= 15 is 0 Å². The van der Waals surface area contributed by atoms with Gasteiger partial charge in [0.2, 0.25) is 0 Å². The highest BCUT2D eigenvalue weighted by atomic mass is 19.1. The number of amides is 1. The lowest BCUT2D eigenvalue weighted by Gasteiger charge is -2.41. The fraction of sp³-hybridized carbons (Fsp3) is 0.429. The summed E-state index contributed by atoms with van der Waals surface area (Å²) in [5, 5.41) is 21.5. The number of anilines is 1. The number of hydrogen-bond donors (Lipinski definition) is 2. The maximum absolute atomic E-state index is 13.2. The van der Waals surface area contributed by atoms with E-state index in [4.69, 9.17) is 5.11 Å². The van der Waals surface area contributed by atoms with Crippen molar-refractivity contribution < 1.29 is 14.3 Å². The van der Waals surface area contributed by atoms with Crippen molar-refractivity contribution in [3.8, 4) is 6.07 Å². The molecule has 0 unspecified atom stereocenters. The van der Waals surface area contributed by atoms with Gasteiger partial charge in [-0.15, -0.1) is 0 Å². The Hall–Kier alpha value is -2.29. The van der Waals surface area contributed by atoms with E-state index in [1.165, 1.54) is 17.0 Å². The minimum Gasteiger partial charge on any atom is -0.465 e. The molecule has 2 rings (SSSR count). The molecule has 0 bridgehead atoms. The number of piperidine rings is 1. The quantitative estimate of drug-likeness (QED) is 0.871. The van der Waals surface area contributed by atoms with Crippen LogP contribution in [-0.2, 0) is 0 Å². The van der Waals surface area contributed by atoms with Gasteiger partial charge in [-0.2, -0.15) is 5.26 Å². The summed E-state index contributed by atoms with van der Waals surface area (Å²) in [6.45, 7) is 2.05. The Balaban J connectivity index is 2.16. The molecule has 1 heterocycles. The van der Waals surface area contributed by atoms with Crippen LogP contribution >= 0.6 is 0 Å². The number of rotatable bonds is 2. The van der Waals surface area contributed by atoms with Crippen LogP contribution in [-0.4, -0.2) is 34.2 Å². The van der Waals surface area contributed by atoms with Gasteiger partial charge in [0, 0.05) is 31.1 Å². The van der Waals surface area contributed by atoms with Gasteiger partial charge in [0.25, 0.3) is 0 Å². The smallest absolute Gasteiger partial charge is 0.407 e. The van der Waals surface area contributed by atoms with E-state index in [9.17, 15) is 14.4 Å². The zero-order valence-electron chi connectivity index (χ0n) is 11.1. The Morgan fingerprint density at radius 3 is 2.95 bits per heavy atom. The molecule has 1 saturated heterocycles. The van der Waals surface area contributed by atoms with Crippen molar-refractivity contribution in [3.05, 3.63) is 30.1 Å². The Bertz CT molecular complexity index is 558. The van der Waals surface area contributed by atoms with Crippen molar-refractivity contribution in [2.75, 3.05) is 11.9 Å². The highest BCUT2D eigenvalue weighted by Gasteiger charge is 2.40. The molecule has 106 valence electrons. The van der Waals surface area contributed by atoms with Crippen LogP contribution in [0.3, 0.4) is 0 Å². The van der Waals surface area contributed by atoms with E-state index in [0.717, 1.165) is 0 Å². The number of nitrogens with zero attached hydrogens (tertiary/aromatic N) is 2. The second-order valence-corrected chi connectivity index (χ2v) is 5.11. The first-order valence-corrected chi connectivity index (χ1v) is 6.40. The minimum absolute atomic E-state index is 0.262. The predicted octanol–water partition coefficient (Wildman–Crippen LogP) is 2.66. The molecular weight excluding hydrogens is 261 g/mol. The van der Waals surface area contributed by atoms with Crippen LogP contribution in [0.4, 0.5) is 14.9 Å². The molecule has 1 amide bonds. The first kappa shape index (κ1) is 14.1. The number of hydrogen-bond acceptors (Lipinski definition) is 3. The molecule has 6 heteroatoms. The molecule has 0 aromatic heterocycles. The van der Waals surface area contributed by atoms with Gasteiger partial charge in [0.1, 0.15) is 11.4 Å². The van der Waals surface area contributed by atoms with E-state index in [-0.39, 0.29) is 18.4 Å². The summed E-state index contributed by atoms with van der Waals surface area (Å²) >= 11 is 0. The van der Waals surface area contributed by atoms with E-state index < -0.39 is 11.6 Å². The van der Waals surface area contributed by atoms with Crippen LogP contribution in [0.2, 0.25) is 0 Å². The highest BCUT2D eigenvalue weighted by Crippen LogP contribution is 2.30. The second-order valence-electron chi connectivity index (χ2n) is 5.11. The molecule has 5 nitrogen and oxygen atoms in total. The van der Waals surface area contributed by atoms with E-state index in [2.05, 4.69) is 11.4 Å². The third kappa shape index (κ3) is 2.82. The average molecular weight is 277 g/mol. The molecule has 0 aliphatic carbocycles. The van der Waals surface area contributed by atoms with E-state index in [1.54, 1.807) is 19.1 Å². The molecule has 1 aliphatic heterocycles. The molecule has 1 aromatic rings. The predicted molar refractivity (Wildman–Crippen MR) is 71.8 cm³/mol. The van der Waals surface area contributed by atoms with Crippen molar-refractivity contribution in [3.63, 3.8) is 0 Å². The molecule has 1 fully saturated rings. The first-order valence-electron chi connectivity index (χ1n) is 6.40. The van der Waals surface area contributed by atoms with Crippen molar-refractivity contribution in [1.82, 2.24) is 4.90 Å². The first-order chi connectivity index (χ1) is 9.46. The van der Waals surface area contributed by atoms with Gasteiger partial charge in [0.15, 0.2) is 0 Å². The van der Waals surface area contributed by atoms with Crippen LogP contribution in [0, 0.1) is 17.1 Å². The molecular formula is C14H16FN3O2. The third-order valence-electron chi connectivity index (χ3n) is 3.62. The van der Waals surface area contributed by atoms with Crippen LogP contribution < -0.4 is 5.32 Å². The summed E-state index contributed by atoms with van der Waals surface area (Å²) in [5.74, 6) is -0.376. The Morgan fingerprint density at radius 2 is 2.40 bits per heavy atom. The lowest BCUT2D eigenvalue weighted by Crippen LogP contribution is -2.53. The number of likely N-dealkylation sites (tertiary alicyclic amines) is 1. The summed E-state index contributed by atoms with van der Waals surface area (Å²) in [4.78, 5) is 12.4. The average Bonchev–Trinajstić information content (AvgIpc) is 2.38. The van der Waals surface area contributed by atoms with Crippen molar-refractivity contribution in [1.29, 1.82) is 5.26 Å². The number of halogens is 1. The maximum atomic E-state index is 13.2. The summed E-state index contributed by atoms with van der Waals surface area (Å²) in [5.41, 5.74) is -0.332. The highest BCUT2D eigenvalue weighted by molar-refractivity contribution is 5.66. The van der Waals surface area contributed by atoms with Gasteiger partial charge in [-0.25, -0.2) is 9.18 Å². The molecule has 1 aliphatic rings. The Labute approximate surface area is 116 Å².